The van der Waals surface area contributed by atoms with E-state index >= 15 is 0 Å². The molecule has 0 aliphatic carbocycles. The van der Waals surface area contributed by atoms with Crippen molar-refractivity contribution in [2.24, 2.45) is 0 Å². The molecule has 132 valence electrons. The van der Waals surface area contributed by atoms with Gasteiger partial charge in [0.15, 0.2) is 0 Å². The van der Waals surface area contributed by atoms with E-state index in [2.05, 4.69) is 0 Å². The van der Waals surface area contributed by atoms with Crippen LogP contribution in [0.15, 0.2) is 36.4 Å². The molecule has 0 aliphatic heterocycles. The van der Waals surface area contributed by atoms with Crippen molar-refractivity contribution in [3.63, 3.8) is 0 Å². The van der Waals surface area contributed by atoms with E-state index in [1.807, 2.05) is 39.0 Å². The largest absolute Gasteiger partial charge is 0.497 e. The molecule has 0 aliphatic rings. The number of benzene rings is 2. The number of hydrogen-bond acceptors (Lipinski definition) is 3. The molecular weight excluding hydrogens is 317 g/mol. The molecule has 0 unspecified atom stereocenters. The molecule has 0 heterocycles. The molecular formula is C20H24FN3O. The van der Waals surface area contributed by atoms with E-state index in [0.29, 0.717) is 22.4 Å². The van der Waals surface area contributed by atoms with Crippen LogP contribution < -0.4 is 4.74 Å². The monoisotopic (exact) mass is 341 g/mol. The van der Waals surface area contributed by atoms with Gasteiger partial charge in [0.1, 0.15) is 17.4 Å². The Morgan fingerprint density at radius 2 is 1.92 bits per heavy atom. The van der Waals surface area contributed by atoms with Crippen molar-refractivity contribution in [1.82, 2.24) is 4.90 Å². The Balaban J connectivity index is 2.67. The molecule has 4 nitrogen and oxygen atoms in total. The van der Waals surface area contributed by atoms with Crippen molar-refractivity contribution in [3.8, 4) is 16.9 Å². The maximum atomic E-state index is 14.5. The van der Waals surface area contributed by atoms with Gasteiger partial charge in [-0.05, 0) is 55.7 Å². The van der Waals surface area contributed by atoms with Crippen LogP contribution in [0.2, 0.25) is 0 Å². The van der Waals surface area contributed by atoms with Crippen molar-refractivity contribution in [1.29, 1.82) is 10.8 Å². The highest BCUT2D eigenvalue weighted by Crippen LogP contribution is 2.31. The van der Waals surface area contributed by atoms with Gasteiger partial charge >= 0.3 is 0 Å². The summed E-state index contributed by atoms with van der Waals surface area (Å²) in [6.07, 6.45) is 1.95. The minimum Gasteiger partial charge on any atom is -0.497 e. The molecule has 25 heavy (non-hydrogen) atoms. The first-order chi connectivity index (χ1) is 11.9. The predicted molar refractivity (Wildman–Crippen MR) is 100 cm³/mol. The maximum absolute atomic E-state index is 14.5. The fourth-order valence-electron chi connectivity index (χ4n) is 2.69. The van der Waals surface area contributed by atoms with E-state index in [0.717, 1.165) is 18.3 Å². The smallest absolute Gasteiger partial charge is 0.134 e. The number of nitrogens with one attached hydrogen (secondary N) is 2. The molecule has 0 spiro atoms. The highest BCUT2D eigenvalue weighted by molar-refractivity contribution is 6.07. The van der Waals surface area contributed by atoms with Crippen molar-refractivity contribution >= 4 is 12.2 Å². The Bertz CT molecular complexity index is 787. The fraction of sp³-hybridized carbons (Fsp3) is 0.300. The van der Waals surface area contributed by atoms with E-state index in [-0.39, 0.29) is 17.7 Å². The predicted octanol–water partition coefficient (Wildman–Crippen LogP) is 4.71. The summed E-state index contributed by atoms with van der Waals surface area (Å²) in [5.41, 5.74) is 2.66. The average Bonchev–Trinajstić information content (AvgIpc) is 2.62. The molecule has 5 heteroatoms. The van der Waals surface area contributed by atoms with Gasteiger partial charge in [-0.2, -0.15) is 0 Å². The van der Waals surface area contributed by atoms with Gasteiger partial charge in [-0.15, -0.1) is 0 Å². The van der Waals surface area contributed by atoms with Gasteiger partial charge in [-0.3, -0.25) is 10.8 Å². The third kappa shape index (κ3) is 3.87. The van der Waals surface area contributed by atoms with Gasteiger partial charge in [0.2, 0.25) is 0 Å². The summed E-state index contributed by atoms with van der Waals surface area (Å²) in [6.45, 7) is 5.86. The molecule has 0 fully saturated rings. The van der Waals surface area contributed by atoms with Crippen molar-refractivity contribution in [3.05, 3.63) is 53.3 Å². The van der Waals surface area contributed by atoms with Gasteiger partial charge in [0.05, 0.1) is 13.4 Å². The van der Waals surface area contributed by atoms with E-state index < -0.39 is 0 Å². The number of aryl methyl sites for hydroxylation is 1. The lowest BCUT2D eigenvalue weighted by Crippen LogP contribution is -2.35. The molecule has 0 radical (unpaired) electrons. The van der Waals surface area contributed by atoms with Crippen LogP contribution >= 0.6 is 0 Å². The SMILES string of the molecule is CCc1ccc(-c2cc(OC)ccc2F)c(C(=N)N(C=N)C(C)C)c1. The summed E-state index contributed by atoms with van der Waals surface area (Å²) in [6, 6.07) is 10.2. The van der Waals surface area contributed by atoms with Gasteiger partial charge in [0, 0.05) is 17.2 Å². The number of methoxy groups -OCH3 is 1. The van der Waals surface area contributed by atoms with Gasteiger partial charge < -0.3 is 9.64 Å². The third-order valence-corrected chi connectivity index (χ3v) is 4.16. The number of halogens is 1. The first-order valence-electron chi connectivity index (χ1n) is 8.27. The van der Waals surface area contributed by atoms with Crippen LogP contribution in [-0.4, -0.2) is 30.2 Å². The summed E-state index contributed by atoms with van der Waals surface area (Å²) in [7, 11) is 1.54. The van der Waals surface area contributed by atoms with Gasteiger partial charge in [0.25, 0.3) is 0 Å². The topological polar surface area (TPSA) is 60.2 Å². The van der Waals surface area contributed by atoms with Crippen LogP contribution in [0.5, 0.6) is 5.75 Å². The van der Waals surface area contributed by atoms with Crippen LogP contribution in [0.1, 0.15) is 31.9 Å². The van der Waals surface area contributed by atoms with E-state index in [1.165, 1.54) is 13.2 Å². The lowest BCUT2D eigenvalue weighted by Gasteiger charge is -2.26. The van der Waals surface area contributed by atoms with Crippen LogP contribution in [-0.2, 0) is 6.42 Å². The van der Waals surface area contributed by atoms with Crippen LogP contribution in [0.4, 0.5) is 4.39 Å². The average molecular weight is 341 g/mol. The molecule has 0 aromatic heterocycles. The molecule has 0 amide bonds. The molecule has 0 atom stereocenters. The lowest BCUT2D eigenvalue weighted by atomic mass is 9.95. The van der Waals surface area contributed by atoms with Crippen molar-refractivity contribution < 1.29 is 9.13 Å². The third-order valence-electron chi connectivity index (χ3n) is 4.16. The number of ether oxygens (including phenoxy) is 1. The molecule has 0 saturated carbocycles. The standard InChI is InChI=1S/C20H24FN3O/c1-5-14-6-8-16(17-11-15(25-4)7-9-19(17)21)18(10-14)20(23)24(12-22)13(2)3/h6-13,22-23H,5H2,1-4H3. The van der Waals surface area contributed by atoms with E-state index in [1.54, 1.807) is 17.0 Å². The number of nitrogens with zero attached hydrogens (tertiary/aromatic N) is 1. The highest BCUT2D eigenvalue weighted by Gasteiger charge is 2.19. The minimum absolute atomic E-state index is 0.0433. The van der Waals surface area contributed by atoms with Gasteiger partial charge in [-0.1, -0.05) is 19.1 Å². The minimum atomic E-state index is -0.370. The Hall–Kier alpha value is -2.69. The quantitative estimate of drug-likeness (QED) is 0.590. The zero-order chi connectivity index (χ0) is 18.6. The first kappa shape index (κ1) is 18.6. The molecule has 2 rings (SSSR count). The summed E-state index contributed by atoms with van der Waals surface area (Å²) in [5, 5.41) is 16.2. The van der Waals surface area contributed by atoms with Crippen molar-refractivity contribution in [2.75, 3.05) is 7.11 Å². The second-order valence-electron chi connectivity index (χ2n) is 6.06. The van der Waals surface area contributed by atoms with Crippen LogP contribution in [0.25, 0.3) is 11.1 Å². The zero-order valence-corrected chi connectivity index (χ0v) is 15.1. The Morgan fingerprint density at radius 3 is 2.48 bits per heavy atom. The molecule has 2 aromatic rings. The molecule has 0 saturated heterocycles. The summed E-state index contributed by atoms with van der Waals surface area (Å²) >= 11 is 0. The summed E-state index contributed by atoms with van der Waals surface area (Å²) in [5.74, 6) is 0.365. The number of rotatable bonds is 6. The van der Waals surface area contributed by atoms with Crippen LogP contribution in [0.3, 0.4) is 0 Å². The molecule has 2 aromatic carbocycles. The summed E-state index contributed by atoms with van der Waals surface area (Å²) in [4.78, 5) is 1.55. The molecule has 0 bridgehead atoms. The zero-order valence-electron chi connectivity index (χ0n) is 15.1. The Morgan fingerprint density at radius 1 is 1.20 bits per heavy atom. The van der Waals surface area contributed by atoms with E-state index in [4.69, 9.17) is 15.6 Å². The van der Waals surface area contributed by atoms with E-state index in [9.17, 15) is 4.39 Å². The highest BCUT2D eigenvalue weighted by atomic mass is 19.1. The normalized spacial score (nSPS) is 10.6. The maximum Gasteiger partial charge on any atom is 0.134 e. The number of hydrogen-bond donors (Lipinski definition) is 2. The van der Waals surface area contributed by atoms with Gasteiger partial charge in [-0.25, -0.2) is 4.39 Å². The fourth-order valence-corrected chi connectivity index (χ4v) is 2.69. The summed E-state index contributed by atoms with van der Waals surface area (Å²) < 4.78 is 19.7. The lowest BCUT2D eigenvalue weighted by molar-refractivity contribution is 0.414. The second-order valence-corrected chi connectivity index (χ2v) is 6.06. The van der Waals surface area contributed by atoms with Crippen molar-refractivity contribution in [2.45, 2.75) is 33.2 Å². The number of amidine groups is 1. The van der Waals surface area contributed by atoms with Crippen LogP contribution in [0, 0.1) is 16.6 Å². The first-order valence-corrected chi connectivity index (χ1v) is 8.27. The second kappa shape index (κ2) is 7.92. The molecule has 2 N–H and O–H groups in total. The Kier molecular flexibility index (Phi) is 5.91. The Labute approximate surface area is 148 Å².